The Morgan fingerprint density at radius 2 is 2.07 bits per heavy atom. The number of ether oxygens (including phenoxy) is 1. The molecule has 3 rings (SSSR count). The Kier molecular flexibility index (Phi) is 7.65. The summed E-state index contributed by atoms with van der Waals surface area (Å²) in [6.07, 6.45) is 3.32. The molecule has 2 amide bonds. The molecule has 7 nitrogen and oxygen atoms in total. The highest BCUT2D eigenvalue weighted by Crippen LogP contribution is 2.27. The van der Waals surface area contributed by atoms with Gasteiger partial charge < -0.3 is 20.3 Å². The number of carbonyl (C=O) groups is 3. The van der Waals surface area contributed by atoms with Gasteiger partial charge in [0.15, 0.2) is 5.78 Å². The lowest BCUT2D eigenvalue weighted by Crippen LogP contribution is -2.55. The number of ketones is 1. The van der Waals surface area contributed by atoms with E-state index in [-0.39, 0.29) is 35.7 Å². The number of carbonyl (C=O) groups excluding carboxylic acids is 3. The van der Waals surface area contributed by atoms with Crippen LogP contribution in [0.25, 0.3) is 0 Å². The number of hydrogen-bond acceptors (Lipinski definition) is 6. The van der Waals surface area contributed by atoms with Crippen LogP contribution in [0.15, 0.2) is 16.8 Å². The fraction of sp³-hybridized carbons (Fsp3) is 0.682. The predicted molar refractivity (Wildman–Crippen MR) is 117 cm³/mol. The zero-order valence-electron chi connectivity index (χ0n) is 18.1. The smallest absolute Gasteiger partial charge is 0.252 e. The average Bonchev–Trinajstić information content (AvgIpc) is 3.47. The summed E-state index contributed by atoms with van der Waals surface area (Å²) in [6.45, 7) is 8.88. The van der Waals surface area contributed by atoms with E-state index in [2.05, 4.69) is 36.3 Å². The summed E-state index contributed by atoms with van der Waals surface area (Å²) in [4.78, 5) is 40.5. The maximum absolute atomic E-state index is 13.2. The van der Waals surface area contributed by atoms with Crippen molar-refractivity contribution in [3.63, 3.8) is 0 Å². The van der Waals surface area contributed by atoms with Gasteiger partial charge in [-0.05, 0) is 49.2 Å². The minimum atomic E-state index is -0.715. The van der Waals surface area contributed by atoms with Crippen molar-refractivity contribution >= 4 is 28.9 Å². The summed E-state index contributed by atoms with van der Waals surface area (Å²) >= 11 is 1.44. The number of hydrogen-bond donors (Lipinski definition) is 2. The molecule has 1 aromatic heterocycles. The number of nitrogens with one attached hydrogen (secondary N) is 2. The summed E-state index contributed by atoms with van der Waals surface area (Å²) in [5.41, 5.74) is 0.411. The Labute approximate surface area is 182 Å². The summed E-state index contributed by atoms with van der Waals surface area (Å²) in [6, 6.07) is 0.358. The van der Waals surface area contributed by atoms with Gasteiger partial charge in [-0.2, -0.15) is 11.3 Å². The van der Waals surface area contributed by atoms with Crippen molar-refractivity contribution in [1.29, 1.82) is 0 Å². The summed E-state index contributed by atoms with van der Waals surface area (Å²) < 4.78 is 5.69. The molecule has 3 heterocycles. The Hall–Kier alpha value is -1.77. The van der Waals surface area contributed by atoms with Crippen LogP contribution in [-0.2, 0) is 14.3 Å². The highest BCUT2D eigenvalue weighted by atomic mass is 32.1. The number of likely N-dealkylation sites (tertiary alicyclic amines) is 1. The van der Waals surface area contributed by atoms with E-state index in [1.54, 1.807) is 11.4 Å². The molecular weight excluding hydrogens is 402 g/mol. The van der Waals surface area contributed by atoms with Crippen molar-refractivity contribution in [3.05, 3.63) is 22.4 Å². The monoisotopic (exact) mass is 435 g/mol. The Morgan fingerprint density at radius 1 is 1.33 bits per heavy atom. The molecule has 8 heteroatoms. The molecule has 2 saturated heterocycles. The van der Waals surface area contributed by atoms with Gasteiger partial charge in [0.1, 0.15) is 18.7 Å². The highest BCUT2D eigenvalue weighted by molar-refractivity contribution is 7.08. The van der Waals surface area contributed by atoms with E-state index in [9.17, 15) is 14.4 Å². The Morgan fingerprint density at radius 3 is 2.70 bits per heavy atom. The van der Waals surface area contributed by atoms with Crippen molar-refractivity contribution in [3.8, 4) is 0 Å². The second kappa shape index (κ2) is 10.0. The Balaban J connectivity index is 1.68. The molecule has 2 fully saturated rings. The third kappa shape index (κ3) is 5.89. The van der Waals surface area contributed by atoms with E-state index in [1.165, 1.54) is 11.3 Å². The van der Waals surface area contributed by atoms with Crippen LogP contribution in [0.3, 0.4) is 0 Å². The van der Waals surface area contributed by atoms with Crippen LogP contribution >= 0.6 is 11.3 Å². The molecule has 2 aliphatic rings. The number of nitrogens with zero attached hydrogens (tertiary/aromatic N) is 1. The van der Waals surface area contributed by atoms with Crippen molar-refractivity contribution in [2.45, 2.75) is 64.6 Å². The molecular formula is C22H33N3O4S. The van der Waals surface area contributed by atoms with E-state index in [0.29, 0.717) is 18.5 Å². The van der Waals surface area contributed by atoms with E-state index >= 15 is 0 Å². The Bertz CT molecular complexity index is 744. The maximum Gasteiger partial charge on any atom is 0.252 e. The summed E-state index contributed by atoms with van der Waals surface area (Å²) in [5, 5.41) is 9.37. The van der Waals surface area contributed by atoms with Gasteiger partial charge in [0.25, 0.3) is 5.91 Å². The molecule has 0 aliphatic carbocycles. The SMILES string of the molecule is CCC(C)(C)CC(NC(=O)c1ccsc1)C(=O)NC1C(=O)COC1CN1CCCC1. The van der Waals surface area contributed by atoms with Gasteiger partial charge in [0, 0.05) is 11.9 Å². The third-order valence-corrected chi connectivity index (χ3v) is 6.90. The molecule has 0 aromatic carbocycles. The largest absolute Gasteiger partial charge is 0.366 e. The minimum Gasteiger partial charge on any atom is -0.366 e. The van der Waals surface area contributed by atoms with E-state index in [0.717, 1.165) is 32.4 Å². The van der Waals surface area contributed by atoms with Crippen LogP contribution < -0.4 is 10.6 Å². The number of Topliss-reactive ketones (excluding diaryl/α,β-unsaturated/α-hetero) is 1. The van der Waals surface area contributed by atoms with Crippen LogP contribution in [0.2, 0.25) is 0 Å². The fourth-order valence-electron chi connectivity index (χ4n) is 3.93. The van der Waals surface area contributed by atoms with Crippen molar-refractivity contribution in [2.75, 3.05) is 26.2 Å². The predicted octanol–water partition coefficient (Wildman–Crippen LogP) is 2.22. The molecule has 0 spiro atoms. The van der Waals surface area contributed by atoms with Gasteiger partial charge in [-0.15, -0.1) is 0 Å². The van der Waals surface area contributed by atoms with Gasteiger partial charge in [-0.25, -0.2) is 0 Å². The maximum atomic E-state index is 13.2. The second-order valence-corrected chi connectivity index (χ2v) is 9.85. The van der Waals surface area contributed by atoms with Crippen LogP contribution in [-0.4, -0.2) is 66.9 Å². The lowest BCUT2D eigenvalue weighted by molar-refractivity contribution is -0.128. The fourth-order valence-corrected chi connectivity index (χ4v) is 4.57. The zero-order chi connectivity index (χ0) is 21.7. The standard InChI is InChI=1S/C22H33N3O4S/c1-4-22(2,3)11-16(23-20(27)15-7-10-30-14-15)21(28)24-19-17(26)13-29-18(19)12-25-8-5-6-9-25/h7,10,14,16,18-19H,4-6,8-9,11-13H2,1-3H3,(H,23,27)(H,24,28). The van der Waals surface area contributed by atoms with Crippen molar-refractivity contribution < 1.29 is 19.1 Å². The summed E-state index contributed by atoms with van der Waals surface area (Å²) in [7, 11) is 0. The molecule has 1 aromatic rings. The van der Waals surface area contributed by atoms with Gasteiger partial charge in [-0.3, -0.25) is 14.4 Å². The van der Waals surface area contributed by atoms with E-state index in [4.69, 9.17) is 4.74 Å². The van der Waals surface area contributed by atoms with Crippen LogP contribution in [0.1, 0.15) is 56.8 Å². The van der Waals surface area contributed by atoms with E-state index < -0.39 is 12.1 Å². The van der Waals surface area contributed by atoms with Crippen molar-refractivity contribution in [1.82, 2.24) is 15.5 Å². The first-order valence-electron chi connectivity index (χ1n) is 10.8. The lowest BCUT2D eigenvalue weighted by atomic mass is 9.83. The molecule has 30 heavy (non-hydrogen) atoms. The molecule has 0 saturated carbocycles. The number of thiophene rings is 1. The molecule has 2 aliphatic heterocycles. The number of amides is 2. The minimum absolute atomic E-state index is 0.0236. The first kappa shape index (κ1) is 22.9. The van der Waals surface area contributed by atoms with Gasteiger partial charge in [0.05, 0.1) is 11.7 Å². The quantitative estimate of drug-likeness (QED) is 0.621. The number of rotatable bonds is 9. The highest BCUT2D eigenvalue weighted by Gasteiger charge is 2.40. The second-order valence-electron chi connectivity index (χ2n) is 9.07. The molecule has 0 bridgehead atoms. The van der Waals surface area contributed by atoms with Gasteiger partial charge in [0.2, 0.25) is 5.91 Å². The molecule has 3 atom stereocenters. The van der Waals surface area contributed by atoms with Crippen molar-refractivity contribution in [2.24, 2.45) is 5.41 Å². The average molecular weight is 436 g/mol. The molecule has 3 unspecified atom stereocenters. The van der Waals surface area contributed by atoms with Crippen LogP contribution in [0, 0.1) is 5.41 Å². The van der Waals surface area contributed by atoms with E-state index in [1.807, 2.05) is 5.38 Å². The molecule has 2 N–H and O–H groups in total. The normalized spacial score (nSPS) is 23.5. The third-order valence-electron chi connectivity index (χ3n) is 6.21. The lowest BCUT2D eigenvalue weighted by Gasteiger charge is -2.30. The first-order valence-corrected chi connectivity index (χ1v) is 11.7. The van der Waals surface area contributed by atoms with Crippen LogP contribution in [0.5, 0.6) is 0 Å². The van der Waals surface area contributed by atoms with Gasteiger partial charge in [-0.1, -0.05) is 27.2 Å². The topological polar surface area (TPSA) is 87.7 Å². The van der Waals surface area contributed by atoms with Crippen LogP contribution in [0.4, 0.5) is 0 Å². The van der Waals surface area contributed by atoms with Gasteiger partial charge >= 0.3 is 0 Å². The summed E-state index contributed by atoms with van der Waals surface area (Å²) in [5.74, 6) is -0.702. The molecule has 166 valence electrons. The zero-order valence-corrected chi connectivity index (χ0v) is 18.9. The molecule has 0 radical (unpaired) electrons. The first-order chi connectivity index (χ1) is 14.3.